The fraction of sp³-hybridized carbons (Fsp3) is 0.375. The summed E-state index contributed by atoms with van der Waals surface area (Å²) in [5, 5.41) is 2.74. The number of nitrogens with zero attached hydrogens (tertiary/aromatic N) is 1. The maximum Gasteiger partial charge on any atom is 0.277 e. The third-order valence-electron chi connectivity index (χ3n) is 3.12. The van der Waals surface area contributed by atoms with Gasteiger partial charge < -0.3 is 20.2 Å². The molecule has 1 unspecified atom stereocenters. The fourth-order valence-electron chi connectivity index (χ4n) is 2.07. The highest BCUT2D eigenvalue weighted by molar-refractivity contribution is 6.02. The van der Waals surface area contributed by atoms with E-state index >= 15 is 0 Å². The van der Waals surface area contributed by atoms with Crippen molar-refractivity contribution in [2.24, 2.45) is 11.7 Å². The lowest BCUT2D eigenvalue weighted by Gasteiger charge is -2.09. The highest BCUT2D eigenvalue weighted by Gasteiger charge is 2.18. The molecule has 0 saturated heterocycles. The van der Waals surface area contributed by atoms with E-state index in [1.165, 1.54) is 6.26 Å². The first-order chi connectivity index (χ1) is 10.5. The lowest BCUT2D eigenvalue weighted by molar-refractivity contribution is 0.102. The lowest BCUT2D eigenvalue weighted by atomic mass is 10.0. The number of anilines is 1. The third-order valence-corrected chi connectivity index (χ3v) is 3.12. The van der Waals surface area contributed by atoms with Crippen LogP contribution in [-0.2, 0) is 0 Å². The van der Waals surface area contributed by atoms with Crippen molar-refractivity contribution >= 4 is 11.6 Å². The van der Waals surface area contributed by atoms with Crippen LogP contribution >= 0.6 is 0 Å². The average molecular weight is 303 g/mol. The summed E-state index contributed by atoms with van der Waals surface area (Å²) in [4.78, 5) is 16.3. The molecule has 0 aliphatic heterocycles. The van der Waals surface area contributed by atoms with E-state index < -0.39 is 0 Å². The Morgan fingerprint density at radius 1 is 1.45 bits per heavy atom. The Labute approximate surface area is 129 Å². The largest absolute Gasteiger partial charge is 0.497 e. The van der Waals surface area contributed by atoms with E-state index in [4.69, 9.17) is 14.9 Å². The second kappa shape index (κ2) is 7.09. The summed E-state index contributed by atoms with van der Waals surface area (Å²) in [5.74, 6) is 1.12. The van der Waals surface area contributed by atoms with Gasteiger partial charge in [-0.05, 0) is 24.5 Å². The zero-order chi connectivity index (χ0) is 16.1. The molecule has 0 radical (unpaired) electrons. The predicted molar refractivity (Wildman–Crippen MR) is 83.8 cm³/mol. The number of nitrogens with one attached hydrogen (secondary N) is 1. The Hall–Kier alpha value is -2.34. The van der Waals surface area contributed by atoms with Crippen LogP contribution in [0.25, 0.3) is 0 Å². The van der Waals surface area contributed by atoms with Gasteiger partial charge in [0.05, 0.1) is 13.2 Å². The van der Waals surface area contributed by atoms with Crippen molar-refractivity contribution in [3.63, 3.8) is 0 Å². The van der Waals surface area contributed by atoms with Crippen LogP contribution in [0.3, 0.4) is 0 Å². The number of hydrogen-bond acceptors (Lipinski definition) is 5. The maximum atomic E-state index is 12.2. The summed E-state index contributed by atoms with van der Waals surface area (Å²) >= 11 is 0. The molecule has 0 aliphatic rings. The van der Waals surface area contributed by atoms with Gasteiger partial charge in [0.2, 0.25) is 5.89 Å². The molecule has 0 aliphatic carbocycles. The first-order valence-electron chi connectivity index (χ1n) is 7.16. The smallest absolute Gasteiger partial charge is 0.277 e. The highest BCUT2D eigenvalue weighted by atomic mass is 16.5. The van der Waals surface area contributed by atoms with Gasteiger partial charge in [-0.15, -0.1) is 0 Å². The second-order valence-electron chi connectivity index (χ2n) is 5.49. The molecule has 2 rings (SSSR count). The summed E-state index contributed by atoms with van der Waals surface area (Å²) in [5.41, 5.74) is 6.83. The molecule has 6 nitrogen and oxygen atoms in total. The molecule has 0 fully saturated rings. The molecule has 0 bridgehead atoms. The Kier molecular flexibility index (Phi) is 5.16. The molecular formula is C16H21N3O3. The van der Waals surface area contributed by atoms with Crippen molar-refractivity contribution in [2.45, 2.75) is 26.3 Å². The monoisotopic (exact) mass is 303 g/mol. The molecule has 22 heavy (non-hydrogen) atoms. The first kappa shape index (κ1) is 16.0. The van der Waals surface area contributed by atoms with Crippen LogP contribution in [0.15, 0.2) is 34.9 Å². The van der Waals surface area contributed by atoms with Gasteiger partial charge in [-0.1, -0.05) is 19.9 Å². The minimum Gasteiger partial charge on any atom is -0.497 e. The molecule has 1 aromatic heterocycles. The summed E-state index contributed by atoms with van der Waals surface area (Å²) < 4.78 is 10.4. The first-order valence-corrected chi connectivity index (χ1v) is 7.16. The van der Waals surface area contributed by atoms with Gasteiger partial charge in [0.15, 0.2) is 5.69 Å². The van der Waals surface area contributed by atoms with Gasteiger partial charge >= 0.3 is 0 Å². The van der Waals surface area contributed by atoms with E-state index in [0.717, 1.165) is 6.42 Å². The van der Waals surface area contributed by atoms with E-state index in [1.807, 2.05) is 0 Å². The number of carbonyl (C=O) groups excluding carboxylic acids is 1. The number of amides is 1. The Morgan fingerprint density at radius 3 is 2.91 bits per heavy atom. The number of ether oxygens (including phenoxy) is 1. The number of methoxy groups -OCH3 is 1. The van der Waals surface area contributed by atoms with Crippen molar-refractivity contribution in [1.29, 1.82) is 0 Å². The highest BCUT2D eigenvalue weighted by Crippen LogP contribution is 2.20. The number of carbonyl (C=O) groups is 1. The van der Waals surface area contributed by atoms with Gasteiger partial charge in [-0.3, -0.25) is 4.79 Å². The number of aromatic nitrogens is 1. The second-order valence-corrected chi connectivity index (χ2v) is 5.49. The van der Waals surface area contributed by atoms with Crippen LogP contribution < -0.4 is 15.8 Å². The van der Waals surface area contributed by atoms with Crippen molar-refractivity contribution in [3.8, 4) is 5.75 Å². The molecule has 6 heteroatoms. The van der Waals surface area contributed by atoms with Crippen LogP contribution in [0.4, 0.5) is 5.69 Å². The molecule has 0 saturated carbocycles. The molecule has 1 aromatic carbocycles. The SMILES string of the molecule is COc1cccc(NC(=O)c2coc(C(N)CC(C)C)n2)c1. The zero-order valence-electron chi connectivity index (χ0n) is 13.0. The Bertz CT molecular complexity index is 637. The minimum atomic E-state index is -0.347. The molecule has 1 atom stereocenters. The lowest BCUT2D eigenvalue weighted by Crippen LogP contribution is -2.15. The standard InChI is InChI=1S/C16H21N3O3/c1-10(2)7-13(17)16-19-14(9-22-16)15(20)18-11-5-4-6-12(8-11)21-3/h4-6,8-10,13H,7,17H2,1-3H3,(H,18,20). The number of rotatable bonds is 6. The Balaban J connectivity index is 2.05. The summed E-state index contributed by atoms with van der Waals surface area (Å²) in [6, 6.07) is 6.78. The molecule has 1 heterocycles. The van der Waals surface area contributed by atoms with E-state index in [2.05, 4.69) is 24.1 Å². The van der Waals surface area contributed by atoms with Gasteiger partial charge in [-0.2, -0.15) is 0 Å². The Morgan fingerprint density at radius 2 is 2.23 bits per heavy atom. The number of oxazole rings is 1. The van der Waals surface area contributed by atoms with Crippen molar-refractivity contribution in [2.75, 3.05) is 12.4 Å². The number of benzene rings is 1. The summed E-state index contributed by atoms with van der Waals surface area (Å²) in [7, 11) is 1.57. The van der Waals surface area contributed by atoms with Gasteiger partial charge in [-0.25, -0.2) is 4.98 Å². The van der Waals surface area contributed by atoms with Crippen LogP contribution in [0.5, 0.6) is 5.75 Å². The molecule has 2 aromatic rings. The zero-order valence-corrected chi connectivity index (χ0v) is 13.0. The predicted octanol–water partition coefficient (Wildman–Crippen LogP) is 2.98. The van der Waals surface area contributed by atoms with E-state index in [9.17, 15) is 4.79 Å². The van der Waals surface area contributed by atoms with Crippen LogP contribution in [-0.4, -0.2) is 18.0 Å². The van der Waals surface area contributed by atoms with Gasteiger partial charge in [0.1, 0.15) is 12.0 Å². The fourth-order valence-corrected chi connectivity index (χ4v) is 2.07. The van der Waals surface area contributed by atoms with Crippen LogP contribution in [0, 0.1) is 5.92 Å². The molecule has 1 amide bonds. The maximum absolute atomic E-state index is 12.2. The minimum absolute atomic E-state index is 0.206. The number of nitrogens with two attached hydrogens (primary N) is 1. The van der Waals surface area contributed by atoms with Crippen molar-refractivity contribution in [3.05, 3.63) is 42.1 Å². The topological polar surface area (TPSA) is 90.4 Å². The van der Waals surface area contributed by atoms with Crippen LogP contribution in [0.2, 0.25) is 0 Å². The average Bonchev–Trinajstić information content (AvgIpc) is 2.97. The number of hydrogen-bond donors (Lipinski definition) is 2. The normalized spacial score (nSPS) is 12.2. The summed E-state index contributed by atoms with van der Waals surface area (Å²) in [6.45, 7) is 4.14. The van der Waals surface area contributed by atoms with Crippen LogP contribution in [0.1, 0.15) is 42.7 Å². The van der Waals surface area contributed by atoms with Gasteiger partial charge in [0.25, 0.3) is 5.91 Å². The third kappa shape index (κ3) is 4.08. The van der Waals surface area contributed by atoms with E-state index in [1.54, 1.807) is 31.4 Å². The summed E-state index contributed by atoms with van der Waals surface area (Å²) in [6.07, 6.45) is 2.07. The molecule has 118 valence electrons. The van der Waals surface area contributed by atoms with E-state index in [-0.39, 0.29) is 17.6 Å². The van der Waals surface area contributed by atoms with Crippen molar-refractivity contribution < 1.29 is 13.9 Å². The van der Waals surface area contributed by atoms with Gasteiger partial charge in [0, 0.05) is 11.8 Å². The molecule has 3 N–H and O–H groups in total. The molecule has 0 spiro atoms. The van der Waals surface area contributed by atoms with Crippen molar-refractivity contribution in [1.82, 2.24) is 4.98 Å². The molecular weight excluding hydrogens is 282 g/mol. The quantitative estimate of drug-likeness (QED) is 0.856. The van der Waals surface area contributed by atoms with E-state index in [0.29, 0.717) is 23.2 Å².